The molecule has 3 heterocycles. The van der Waals surface area contributed by atoms with Gasteiger partial charge in [0, 0.05) is 42.9 Å². The first-order valence-corrected chi connectivity index (χ1v) is 8.88. The Morgan fingerprint density at radius 3 is 2.50 bits per heavy atom. The van der Waals surface area contributed by atoms with Crippen molar-refractivity contribution in [1.29, 1.82) is 0 Å². The summed E-state index contributed by atoms with van der Waals surface area (Å²) < 4.78 is 2.00. The van der Waals surface area contributed by atoms with Crippen LogP contribution >= 0.6 is 0 Å². The summed E-state index contributed by atoms with van der Waals surface area (Å²) in [7, 11) is 0. The number of anilines is 1. The van der Waals surface area contributed by atoms with Crippen LogP contribution in [0.25, 0.3) is 5.69 Å². The van der Waals surface area contributed by atoms with E-state index in [0.29, 0.717) is 17.9 Å². The molecule has 0 bridgehead atoms. The van der Waals surface area contributed by atoms with Crippen molar-refractivity contribution in [2.45, 2.75) is 19.4 Å². The lowest BCUT2D eigenvalue weighted by Gasteiger charge is -2.16. The Balaban J connectivity index is 1.38. The predicted octanol–water partition coefficient (Wildman–Crippen LogP) is 2.80. The van der Waals surface area contributed by atoms with E-state index in [2.05, 4.69) is 20.2 Å². The van der Waals surface area contributed by atoms with Crippen molar-refractivity contribution in [3.8, 4) is 5.69 Å². The average molecular weight is 347 g/mol. The van der Waals surface area contributed by atoms with Crippen LogP contribution in [0.15, 0.2) is 61.1 Å². The highest BCUT2D eigenvalue weighted by Gasteiger charge is 2.14. The summed E-state index contributed by atoms with van der Waals surface area (Å²) in [4.78, 5) is 23.5. The van der Waals surface area contributed by atoms with E-state index in [9.17, 15) is 4.79 Å². The molecule has 1 amide bonds. The first-order chi connectivity index (χ1) is 12.8. The lowest BCUT2D eigenvalue weighted by Crippen LogP contribution is -2.25. The molecule has 6 nitrogen and oxygen atoms in total. The van der Waals surface area contributed by atoms with Crippen LogP contribution in [0.1, 0.15) is 29.0 Å². The van der Waals surface area contributed by atoms with Crippen molar-refractivity contribution >= 4 is 11.7 Å². The molecule has 1 fully saturated rings. The van der Waals surface area contributed by atoms with Gasteiger partial charge in [0.2, 0.25) is 0 Å². The van der Waals surface area contributed by atoms with Crippen LogP contribution in [0.3, 0.4) is 0 Å². The van der Waals surface area contributed by atoms with E-state index in [1.54, 1.807) is 6.20 Å². The van der Waals surface area contributed by atoms with E-state index in [1.165, 1.54) is 12.8 Å². The number of benzene rings is 1. The second kappa shape index (κ2) is 7.39. The molecule has 0 saturated carbocycles. The maximum Gasteiger partial charge on any atom is 0.251 e. The number of aromatic nitrogens is 3. The maximum atomic E-state index is 12.4. The molecule has 6 heteroatoms. The number of amides is 1. The summed E-state index contributed by atoms with van der Waals surface area (Å²) in [6.07, 6.45) is 8.11. The zero-order chi connectivity index (χ0) is 17.8. The molecule has 26 heavy (non-hydrogen) atoms. The zero-order valence-corrected chi connectivity index (χ0v) is 14.5. The largest absolute Gasteiger partial charge is 0.357 e. The fourth-order valence-corrected chi connectivity index (χ4v) is 3.15. The number of nitrogens with zero attached hydrogens (tertiary/aromatic N) is 4. The van der Waals surface area contributed by atoms with Gasteiger partial charge >= 0.3 is 0 Å². The summed E-state index contributed by atoms with van der Waals surface area (Å²) in [5, 5.41) is 2.90. The molecule has 2 aromatic heterocycles. The van der Waals surface area contributed by atoms with Crippen LogP contribution in [0.2, 0.25) is 0 Å². The second-order valence-corrected chi connectivity index (χ2v) is 6.35. The fraction of sp³-hybridized carbons (Fsp3) is 0.250. The molecular weight excluding hydrogens is 326 g/mol. The molecule has 132 valence electrons. The van der Waals surface area contributed by atoms with Gasteiger partial charge in [-0.3, -0.25) is 4.79 Å². The van der Waals surface area contributed by atoms with E-state index < -0.39 is 0 Å². The molecule has 0 unspecified atom stereocenters. The molecule has 0 spiro atoms. The van der Waals surface area contributed by atoms with Gasteiger partial charge in [0.1, 0.15) is 11.6 Å². The highest BCUT2D eigenvalue weighted by atomic mass is 16.1. The molecule has 3 aromatic rings. The van der Waals surface area contributed by atoms with Gasteiger partial charge in [-0.05, 0) is 55.3 Å². The molecule has 4 rings (SSSR count). The topological polar surface area (TPSA) is 63.1 Å². The van der Waals surface area contributed by atoms with Crippen molar-refractivity contribution in [2.75, 3.05) is 18.0 Å². The number of carbonyl (C=O) groups excluding carboxylic acids is 1. The number of nitrogens with one attached hydrogen (secondary N) is 1. The summed E-state index contributed by atoms with van der Waals surface area (Å²) in [6.45, 7) is 2.40. The van der Waals surface area contributed by atoms with E-state index >= 15 is 0 Å². The minimum Gasteiger partial charge on any atom is -0.357 e. The van der Waals surface area contributed by atoms with Gasteiger partial charge < -0.3 is 14.8 Å². The summed E-state index contributed by atoms with van der Waals surface area (Å²) in [5.74, 6) is 1.45. The molecular formula is C20H21N5O. The molecule has 1 N–H and O–H groups in total. The average Bonchev–Trinajstić information content (AvgIpc) is 3.40. The summed E-state index contributed by atoms with van der Waals surface area (Å²) >= 11 is 0. The number of hydrogen-bond donors (Lipinski definition) is 1. The third-order valence-electron chi connectivity index (χ3n) is 4.56. The normalized spacial score (nSPS) is 13.8. The first-order valence-electron chi connectivity index (χ1n) is 8.88. The first kappa shape index (κ1) is 16.3. The quantitative estimate of drug-likeness (QED) is 0.771. The number of hydrogen-bond acceptors (Lipinski definition) is 4. The van der Waals surface area contributed by atoms with Gasteiger partial charge in [-0.2, -0.15) is 0 Å². The van der Waals surface area contributed by atoms with Gasteiger partial charge in [0.05, 0.1) is 6.54 Å². The van der Waals surface area contributed by atoms with Gasteiger partial charge in [-0.25, -0.2) is 9.97 Å². The van der Waals surface area contributed by atoms with Crippen LogP contribution < -0.4 is 10.2 Å². The Morgan fingerprint density at radius 2 is 1.77 bits per heavy atom. The van der Waals surface area contributed by atoms with E-state index in [4.69, 9.17) is 0 Å². The lowest BCUT2D eigenvalue weighted by atomic mass is 10.2. The van der Waals surface area contributed by atoms with Gasteiger partial charge in [0.15, 0.2) is 0 Å². The zero-order valence-electron chi connectivity index (χ0n) is 14.5. The minimum atomic E-state index is -0.126. The summed E-state index contributed by atoms with van der Waals surface area (Å²) in [6, 6.07) is 13.4. The minimum absolute atomic E-state index is 0.126. The maximum absolute atomic E-state index is 12.4. The third-order valence-corrected chi connectivity index (χ3v) is 4.56. The standard InChI is InChI=1S/C20H21N5O/c26-20(16-5-7-17(8-6-16)24-11-1-2-12-24)22-15-18-21-10-9-19(23-18)25-13-3-4-14-25/h1-2,5-12H,3-4,13-15H2,(H,22,26). The smallest absolute Gasteiger partial charge is 0.251 e. The van der Waals surface area contributed by atoms with Crippen molar-refractivity contribution in [3.05, 3.63) is 72.4 Å². The van der Waals surface area contributed by atoms with E-state index in [0.717, 1.165) is 24.6 Å². The Kier molecular flexibility index (Phi) is 4.64. The molecule has 0 atom stereocenters. The molecule has 1 aromatic carbocycles. The van der Waals surface area contributed by atoms with Crippen LogP contribution in [0.5, 0.6) is 0 Å². The number of rotatable bonds is 5. The third kappa shape index (κ3) is 3.59. The summed E-state index contributed by atoms with van der Waals surface area (Å²) in [5.41, 5.74) is 1.64. The molecule has 1 aliphatic heterocycles. The number of carbonyl (C=O) groups is 1. The highest BCUT2D eigenvalue weighted by molar-refractivity contribution is 5.94. The Bertz CT molecular complexity index is 867. The highest BCUT2D eigenvalue weighted by Crippen LogP contribution is 2.17. The van der Waals surface area contributed by atoms with Crippen LogP contribution in [0.4, 0.5) is 5.82 Å². The van der Waals surface area contributed by atoms with Gasteiger partial charge in [-0.1, -0.05) is 0 Å². The van der Waals surface area contributed by atoms with Gasteiger partial charge in [0.25, 0.3) is 5.91 Å². The molecule has 0 radical (unpaired) electrons. The van der Waals surface area contributed by atoms with E-state index in [-0.39, 0.29) is 5.91 Å². The Hall–Kier alpha value is -3.15. The van der Waals surface area contributed by atoms with Crippen molar-refractivity contribution in [1.82, 2.24) is 19.9 Å². The van der Waals surface area contributed by atoms with Crippen molar-refractivity contribution in [2.24, 2.45) is 0 Å². The van der Waals surface area contributed by atoms with Crippen LogP contribution in [0, 0.1) is 0 Å². The molecule has 1 saturated heterocycles. The Morgan fingerprint density at radius 1 is 1.04 bits per heavy atom. The fourth-order valence-electron chi connectivity index (χ4n) is 3.15. The predicted molar refractivity (Wildman–Crippen MR) is 100 cm³/mol. The van der Waals surface area contributed by atoms with E-state index in [1.807, 2.05) is 59.4 Å². The monoisotopic (exact) mass is 347 g/mol. The second-order valence-electron chi connectivity index (χ2n) is 6.35. The Labute approximate surface area is 152 Å². The van der Waals surface area contributed by atoms with Gasteiger partial charge in [-0.15, -0.1) is 0 Å². The molecule has 1 aliphatic rings. The lowest BCUT2D eigenvalue weighted by molar-refractivity contribution is 0.0950. The molecule has 0 aliphatic carbocycles. The van der Waals surface area contributed by atoms with Crippen LogP contribution in [-0.4, -0.2) is 33.5 Å². The SMILES string of the molecule is O=C(NCc1nccc(N2CCCC2)n1)c1ccc(-n2cccc2)cc1. The van der Waals surface area contributed by atoms with Crippen molar-refractivity contribution < 1.29 is 4.79 Å². The van der Waals surface area contributed by atoms with Crippen LogP contribution in [-0.2, 0) is 6.54 Å². The van der Waals surface area contributed by atoms with Crippen molar-refractivity contribution in [3.63, 3.8) is 0 Å².